The van der Waals surface area contributed by atoms with Crippen LogP contribution >= 0.6 is 0 Å². The van der Waals surface area contributed by atoms with Crippen LogP contribution in [-0.2, 0) is 17.8 Å². The minimum absolute atomic E-state index is 0.333. The van der Waals surface area contributed by atoms with E-state index in [-0.39, 0.29) is 0 Å². The first-order chi connectivity index (χ1) is 6.31. The van der Waals surface area contributed by atoms with Gasteiger partial charge in [0.1, 0.15) is 5.75 Å². The number of hydrogen-bond donors (Lipinski definition) is 0. The number of methoxy groups -OCH3 is 1. The van der Waals surface area contributed by atoms with Crippen molar-refractivity contribution in [2.24, 2.45) is 0 Å². The predicted octanol–water partition coefficient (Wildman–Crippen LogP) is 2.16. The smallest absolute Gasteiger partial charge is 0.124 e. The Kier molecular flexibility index (Phi) is 2.23. The Morgan fingerprint density at radius 2 is 2.31 bits per heavy atom. The molecule has 1 aromatic rings. The van der Waals surface area contributed by atoms with Crippen LogP contribution in [0.4, 0.5) is 0 Å². The standard InChI is InChI=1S/C11H14O2/c1-8-6-9-4-3-5-11(12-2)10(9)7-13-8/h3-5,8H,6-7H2,1-2H3/t8-/m0/s1. The maximum absolute atomic E-state index is 5.57. The van der Waals surface area contributed by atoms with Gasteiger partial charge in [0.25, 0.3) is 0 Å². The van der Waals surface area contributed by atoms with E-state index in [0.717, 1.165) is 12.2 Å². The summed E-state index contributed by atoms with van der Waals surface area (Å²) >= 11 is 0. The third-order valence-corrected chi connectivity index (χ3v) is 2.47. The lowest BCUT2D eigenvalue weighted by atomic mass is 9.99. The molecule has 70 valence electrons. The second kappa shape index (κ2) is 3.38. The van der Waals surface area contributed by atoms with Gasteiger partial charge in [0.05, 0.1) is 19.8 Å². The fourth-order valence-electron chi connectivity index (χ4n) is 1.75. The molecule has 13 heavy (non-hydrogen) atoms. The summed E-state index contributed by atoms with van der Waals surface area (Å²) in [7, 11) is 1.70. The summed E-state index contributed by atoms with van der Waals surface area (Å²) in [6.45, 7) is 2.78. The molecule has 2 rings (SSSR count). The highest BCUT2D eigenvalue weighted by atomic mass is 16.5. The fraction of sp³-hybridized carbons (Fsp3) is 0.455. The molecular formula is C11H14O2. The van der Waals surface area contributed by atoms with Crippen molar-refractivity contribution < 1.29 is 9.47 Å². The number of fused-ring (bicyclic) bond motifs is 1. The molecular weight excluding hydrogens is 164 g/mol. The molecule has 0 aromatic heterocycles. The number of hydrogen-bond acceptors (Lipinski definition) is 2. The van der Waals surface area contributed by atoms with E-state index >= 15 is 0 Å². The van der Waals surface area contributed by atoms with E-state index in [2.05, 4.69) is 13.0 Å². The quantitative estimate of drug-likeness (QED) is 0.656. The zero-order chi connectivity index (χ0) is 9.26. The molecule has 2 nitrogen and oxygen atoms in total. The van der Waals surface area contributed by atoms with E-state index in [1.54, 1.807) is 7.11 Å². The zero-order valence-corrected chi connectivity index (χ0v) is 8.04. The number of benzene rings is 1. The second-order valence-electron chi connectivity index (χ2n) is 3.42. The van der Waals surface area contributed by atoms with E-state index in [1.807, 2.05) is 12.1 Å². The molecule has 1 aliphatic heterocycles. The van der Waals surface area contributed by atoms with Crippen LogP contribution in [0.25, 0.3) is 0 Å². The van der Waals surface area contributed by atoms with Crippen LogP contribution in [0.2, 0.25) is 0 Å². The van der Waals surface area contributed by atoms with Crippen LogP contribution in [0.3, 0.4) is 0 Å². The van der Waals surface area contributed by atoms with Crippen LogP contribution < -0.4 is 4.74 Å². The van der Waals surface area contributed by atoms with Gasteiger partial charge in [0.2, 0.25) is 0 Å². The minimum atomic E-state index is 0.333. The van der Waals surface area contributed by atoms with Gasteiger partial charge in [-0.15, -0.1) is 0 Å². The van der Waals surface area contributed by atoms with Crippen molar-refractivity contribution in [3.8, 4) is 5.75 Å². The molecule has 1 aromatic carbocycles. The highest BCUT2D eigenvalue weighted by Gasteiger charge is 2.17. The third-order valence-electron chi connectivity index (χ3n) is 2.47. The van der Waals surface area contributed by atoms with Gasteiger partial charge >= 0.3 is 0 Å². The number of rotatable bonds is 1. The van der Waals surface area contributed by atoms with Crippen LogP contribution in [0.15, 0.2) is 18.2 Å². The SMILES string of the molecule is COc1cccc2c1CO[C@@H](C)C2. The van der Waals surface area contributed by atoms with Gasteiger partial charge in [-0.2, -0.15) is 0 Å². The Morgan fingerprint density at radius 1 is 1.46 bits per heavy atom. The van der Waals surface area contributed by atoms with Gasteiger partial charge < -0.3 is 9.47 Å². The summed E-state index contributed by atoms with van der Waals surface area (Å²) in [6, 6.07) is 6.17. The van der Waals surface area contributed by atoms with E-state index in [1.165, 1.54) is 11.1 Å². The van der Waals surface area contributed by atoms with Crippen molar-refractivity contribution in [1.82, 2.24) is 0 Å². The van der Waals surface area contributed by atoms with E-state index < -0.39 is 0 Å². The van der Waals surface area contributed by atoms with E-state index in [9.17, 15) is 0 Å². The van der Waals surface area contributed by atoms with Gasteiger partial charge in [-0.1, -0.05) is 12.1 Å². The Morgan fingerprint density at radius 3 is 3.08 bits per heavy atom. The van der Waals surface area contributed by atoms with Crippen LogP contribution in [0, 0.1) is 0 Å². The molecule has 0 aliphatic carbocycles. The monoisotopic (exact) mass is 178 g/mol. The van der Waals surface area contributed by atoms with Gasteiger partial charge in [0.15, 0.2) is 0 Å². The average molecular weight is 178 g/mol. The lowest BCUT2D eigenvalue weighted by Crippen LogP contribution is -2.19. The van der Waals surface area contributed by atoms with Crippen molar-refractivity contribution in [2.75, 3.05) is 7.11 Å². The Labute approximate surface area is 78.5 Å². The fourth-order valence-corrected chi connectivity index (χ4v) is 1.75. The molecule has 0 N–H and O–H groups in total. The highest BCUT2D eigenvalue weighted by Crippen LogP contribution is 2.28. The maximum atomic E-state index is 5.57. The first kappa shape index (κ1) is 8.57. The second-order valence-corrected chi connectivity index (χ2v) is 3.42. The molecule has 0 saturated carbocycles. The number of ether oxygens (including phenoxy) is 2. The molecule has 0 amide bonds. The largest absolute Gasteiger partial charge is 0.496 e. The van der Waals surface area contributed by atoms with Crippen molar-refractivity contribution in [1.29, 1.82) is 0 Å². The summed E-state index contributed by atoms with van der Waals surface area (Å²) in [5.41, 5.74) is 2.57. The lowest BCUT2D eigenvalue weighted by molar-refractivity contribution is 0.0396. The topological polar surface area (TPSA) is 18.5 Å². The van der Waals surface area contributed by atoms with Crippen molar-refractivity contribution in [3.63, 3.8) is 0 Å². The molecule has 1 heterocycles. The summed E-state index contributed by atoms with van der Waals surface area (Å²) in [6.07, 6.45) is 1.33. The average Bonchev–Trinajstić information content (AvgIpc) is 2.16. The summed E-state index contributed by atoms with van der Waals surface area (Å²) in [5, 5.41) is 0. The molecule has 0 spiro atoms. The van der Waals surface area contributed by atoms with Gasteiger partial charge in [-0.25, -0.2) is 0 Å². The van der Waals surface area contributed by atoms with Crippen molar-refractivity contribution in [2.45, 2.75) is 26.1 Å². The first-order valence-electron chi connectivity index (χ1n) is 4.57. The van der Waals surface area contributed by atoms with E-state index in [4.69, 9.17) is 9.47 Å². The molecule has 0 saturated heterocycles. The highest BCUT2D eigenvalue weighted by molar-refractivity contribution is 5.41. The van der Waals surface area contributed by atoms with Gasteiger partial charge in [0, 0.05) is 5.56 Å². The van der Waals surface area contributed by atoms with Crippen LogP contribution in [0.5, 0.6) is 5.75 Å². The van der Waals surface area contributed by atoms with Crippen LogP contribution in [-0.4, -0.2) is 13.2 Å². The molecule has 0 fully saturated rings. The van der Waals surface area contributed by atoms with Gasteiger partial charge in [-0.3, -0.25) is 0 Å². The zero-order valence-electron chi connectivity index (χ0n) is 8.04. The van der Waals surface area contributed by atoms with Crippen LogP contribution in [0.1, 0.15) is 18.1 Å². The Bertz CT molecular complexity index is 307. The first-order valence-corrected chi connectivity index (χ1v) is 4.57. The molecule has 0 radical (unpaired) electrons. The molecule has 1 aliphatic rings. The Balaban J connectivity index is 2.39. The predicted molar refractivity (Wildman–Crippen MR) is 50.9 cm³/mol. The molecule has 2 heteroatoms. The van der Waals surface area contributed by atoms with Crippen molar-refractivity contribution in [3.05, 3.63) is 29.3 Å². The maximum Gasteiger partial charge on any atom is 0.124 e. The van der Waals surface area contributed by atoms with Gasteiger partial charge in [-0.05, 0) is 25.0 Å². The summed E-state index contributed by atoms with van der Waals surface area (Å²) in [5.74, 6) is 0.949. The summed E-state index contributed by atoms with van der Waals surface area (Å²) < 4.78 is 10.8. The molecule has 0 bridgehead atoms. The minimum Gasteiger partial charge on any atom is -0.496 e. The third kappa shape index (κ3) is 1.54. The Hall–Kier alpha value is -1.02. The normalized spacial score (nSPS) is 20.9. The lowest BCUT2D eigenvalue weighted by Gasteiger charge is -2.23. The van der Waals surface area contributed by atoms with E-state index in [0.29, 0.717) is 12.7 Å². The molecule has 1 atom stereocenters. The van der Waals surface area contributed by atoms with Crippen molar-refractivity contribution >= 4 is 0 Å². The summed E-state index contributed by atoms with van der Waals surface area (Å²) in [4.78, 5) is 0. The molecule has 0 unspecified atom stereocenters.